The molecule has 1 aliphatic rings. The number of fused-ring (bicyclic) bond motifs is 6. The van der Waals surface area contributed by atoms with E-state index >= 15 is 0 Å². The molecule has 72 heavy (non-hydrogen) atoms. The number of benzene rings is 8. The Hall–Kier alpha value is -7.92. The SMILES string of the molecule is C/C=C\C=C(\c1ccccc1-c1ccc2c(c1)c1cc(-c3ccc4c(c3)c3cc(C)ccc3n4-c3ccccc3)ccc1n2-c1ccccc1)C(CN)CCCC.CN1/C=C\C=C(c2ccccc2)CCC1. The van der Waals surface area contributed by atoms with Crippen LogP contribution in [0.25, 0.3) is 88.4 Å². The largest absolute Gasteiger partial charge is 0.380 e. The number of aryl methyl sites for hydroxylation is 1. The number of nitrogens with two attached hydrogens (primary N) is 1. The van der Waals surface area contributed by atoms with Gasteiger partial charge in [0.05, 0.1) is 22.1 Å². The molecule has 3 heterocycles. The van der Waals surface area contributed by atoms with E-state index in [0.717, 1.165) is 31.5 Å². The lowest BCUT2D eigenvalue weighted by atomic mass is 9.84. The summed E-state index contributed by atoms with van der Waals surface area (Å²) < 4.78 is 4.80. The Bertz CT molecular complexity index is 3600. The maximum Gasteiger partial charge on any atom is 0.0541 e. The minimum absolute atomic E-state index is 0.288. The van der Waals surface area contributed by atoms with Gasteiger partial charge >= 0.3 is 0 Å². The molecule has 1 aliphatic heterocycles. The smallest absolute Gasteiger partial charge is 0.0541 e. The Morgan fingerprint density at radius 3 is 1.71 bits per heavy atom. The van der Waals surface area contributed by atoms with Crippen molar-refractivity contribution in [1.82, 2.24) is 14.0 Å². The van der Waals surface area contributed by atoms with Crippen molar-refractivity contribution in [2.45, 2.75) is 52.9 Å². The van der Waals surface area contributed by atoms with E-state index in [4.69, 9.17) is 5.73 Å². The Kier molecular flexibility index (Phi) is 14.6. The van der Waals surface area contributed by atoms with Crippen molar-refractivity contribution in [2.75, 3.05) is 20.1 Å². The average Bonchev–Trinajstić information content (AvgIpc) is 3.92. The molecule has 0 aliphatic carbocycles. The first kappa shape index (κ1) is 47.7. The summed E-state index contributed by atoms with van der Waals surface area (Å²) in [6, 6.07) is 68.8. The summed E-state index contributed by atoms with van der Waals surface area (Å²) >= 11 is 0. The number of unbranched alkanes of at least 4 members (excludes halogenated alkanes) is 1. The fourth-order valence-corrected chi connectivity index (χ4v) is 10.8. The summed E-state index contributed by atoms with van der Waals surface area (Å²) in [4.78, 5) is 2.23. The zero-order valence-corrected chi connectivity index (χ0v) is 42.3. The normalized spacial score (nSPS) is 14.1. The molecule has 11 rings (SSSR count). The molecule has 0 saturated heterocycles. The molecular weight excluding hydrogens is 873 g/mol. The summed E-state index contributed by atoms with van der Waals surface area (Å²) in [6.45, 7) is 8.28. The number of hydrogen-bond acceptors (Lipinski definition) is 2. The summed E-state index contributed by atoms with van der Waals surface area (Å²) in [5.41, 5.74) is 25.1. The summed E-state index contributed by atoms with van der Waals surface area (Å²) in [5, 5.41) is 5.01. The minimum atomic E-state index is 0.288. The van der Waals surface area contributed by atoms with Crippen LogP contribution in [0.3, 0.4) is 0 Å². The second-order valence-electron chi connectivity index (χ2n) is 19.3. The molecule has 0 bridgehead atoms. The van der Waals surface area contributed by atoms with Gasteiger partial charge in [0, 0.05) is 46.5 Å². The van der Waals surface area contributed by atoms with Crippen molar-refractivity contribution in [1.29, 1.82) is 0 Å². The van der Waals surface area contributed by atoms with Crippen molar-refractivity contribution in [2.24, 2.45) is 11.7 Å². The van der Waals surface area contributed by atoms with Crippen LogP contribution in [0.5, 0.6) is 0 Å². The maximum atomic E-state index is 6.49. The van der Waals surface area contributed by atoms with Gasteiger partial charge in [-0.3, -0.25) is 0 Å². The van der Waals surface area contributed by atoms with E-state index in [-0.39, 0.29) is 5.92 Å². The fourth-order valence-electron chi connectivity index (χ4n) is 10.8. The molecular formula is C68H66N4. The monoisotopic (exact) mass is 939 g/mol. The molecule has 10 aromatic rings. The van der Waals surface area contributed by atoms with Crippen LogP contribution < -0.4 is 5.73 Å². The van der Waals surface area contributed by atoms with E-state index < -0.39 is 0 Å². The van der Waals surface area contributed by atoms with E-state index in [1.54, 1.807) is 0 Å². The highest BCUT2D eigenvalue weighted by Gasteiger charge is 2.20. The quantitative estimate of drug-likeness (QED) is 0.124. The van der Waals surface area contributed by atoms with Gasteiger partial charge in [-0.15, -0.1) is 0 Å². The Morgan fingerprint density at radius 1 is 0.597 bits per heavy atom. The number of hydrogen-bond donors (Lipinski definition) is 1. The van der Waals surface area contributed by atoms with Crippen LogP contribution >= 0.6 is 0 Å². The zero-order valence-electron chi connectivity index (χ0n) is 42.3. The molecule has 2 N–H and O–H groups in total. The highest BCUT2D eigenvalue weighted by atomic mass is 15.1. The van der Waals surface area contributed by atoms with Crippen LogP contribution in [0.15, 0.2) is 225 Å². The average molecular weight is 939 g/mol. The molecule has 4 heteroatoms. The lowest BCUT2D eigenvalue weighted by Crippen LogP contribution is -2.16. The van der Waals surface area contributed by atoms with Gasteiger partial charge in [-0.05, 0) is 175 Å². The highest BCUT2D eigenvalue weighted by molar-refractivity contribution is 6.13. The van der Waals surface area contributed by atoms with E-state index in [9.17, 15) is 0 Å². The molecule has 358 valence electrons. The van der Waals surface area contributed by atoms with Gasteiger partial charge in [0.1, 0.15) is 0 Å². The second-order valence-corrected chi connectivity index (χ2v) is 19.3. The van der Waals surface area contributed by atoms with Crippen molar-refractivity contribution in [3.63, 3.8) is 0 Å². The van der Waals surface area contributed by atoms with Crippen molar-refractivity contribution >= 4 is 54.8 Å². The van der Waals surface area contributed by atoms with E-state index in [1.165, 1.54) is 112 Å². The first-order chi connectivity index (χ1) is 35.4. The van der Waals surface area contributed by atoms with E-state index in [2.05, 4.69) is 266 Å². The summed E-state index contributed by atoms with van der Waals surface area (Å²) in [7, 11) is 2.12. The van der Waals surface area contributed by atoms with Crippen LogP contribution in [0.1, 0.15) is 62.6 Å². The predicted molar refractivity (Wildman–Crippen MR) is 311 cm³/mol. The van der Waals surface area contributed by atoms with E-state index in [0.29, 0.717) is 6.54 Å². The third kappa shape index (κ3) is 9.88. The summed E-state index contributed by atoms with van der Waals surface area (Å²) in [5.74, 6) is 0.288. The minimum Gasteiger partial charge on any atom is -0.380 e. The molecule has 1 unspecified atom stereocenters. The number of rotatable bonds is 12. The standard InChI is InChI=1S/C54H49N3.C14H17N/c1-4-6-16-41(36-55)45(21-7-5-2)46-23-15-14-22-44(46)40-27-31-54-50(35-40)49-34-39(26-30-53(49)57(54)43-19-12-9-13-20-43)38-25-29-52-48(33-38)47-32-37(3)24-28-51(47)56(52)42-17-10-8-11-18-42;1-15-11-5-9-14(10-6-12-15)13-7-3-2-4-8-13/h5,7-15,17-35,41H,4,6,16,36,55H2,1-3H3;2-5,7-9,11H,6,10,12H2,1H3/b7-5-,45-21+;11-5-,14-9?. The van der Waals surface area contributed by atoms with Gasteiger partial charge in [0.25, 0.3) is 0 Å². The lowest BCUT2D eigenvalue weighted by molar-refractivity contribution is 0.446. The maximum absolute atomic E-state index is 6.49. The van der Waals surface area contributed by atoms with Crippen LogP contribution in [-0.4, -0.2) is 34.2 Å². The van der Waals surface area contributed by atoms with Gasteiger partial charge in [-0.1, -0.05) is 165 Å². The first-order valence-electron chi connectivity index (χ1n) is 25.9. The number of nitrogens with zero attached hydrogens (tertiary/aromatic N) is 3. The Balaban J connectivity index is 0.000000340. The third-order valence-corrected chi connectivity index (χ3v) is 14.4. The molecule has 1 atom stereocenters. The first-order valence-corrected chi connectivity index (χ1v) is 25.9. The number of para-hydroxylation sites is 2. The molecule has 0 radical (unpaired) electrons. The third-order valence-electron chi connectivity index (χ3n) is 14.4. The van der Waals surface area contributed by atoms with Gasteiger partial charge in [0.2, 0.25) is 0 Å². The van der Waals surface area contributed by atoms with Crippen molar-refractivity contribution in [3.05, 3.63) is 241 Å². The van der Waals surface area contributed by atoms with Crippen LogP contribution in [0, 0.1) is 12.8 Å². The number of aromatic nitrogens is 2. The second kappa shape index (κ2) is 22.0. The van der Waals surface area contributed by atoms with Crippen LogP contribution in [0.4, 0.5) is 0 Å². The topological polar surface area (TPSA) is 39.1 Å². The van der Waals surface area contributed by atoms with Gasteiger partial charge < -0.3 is 19.8 Å². The Morgan fingerprint density at radius 2 is 1.12 bits per heavy atom. The van der Waals surface area contributed by atoms with Crippen LogP contribution in [0.2, 0.25) is 0 Å². The summed E-state index contributed by atoms with van der Waals surface area (Å²) in [6.07, 6.45) is 18.8. The van der Waals surface area contributed by atoms with Gasteiger partial charge in [-0.2, -0.15) is 0 Å². The van der Waals surface area contributed by atoms with E-state index in [1.807, 2.05) is 0 Å². The molecule has 0 amide bonds. The molecule has 0 fully saturated rings. The lowest BCUT2D eigenvalue weighted by Gasteiger charge is -2.22. The van der Waals surface area contributed by atoms with Gasteiger partial charge in [-0.25, -0.2) is 0 Å². The number of allylic oxidation sites excluding steroid dienone is 6. The molecule has 0 saturated carbocycles. The predicted octanol–water partition coefficient (Wildman–Crippen LogP) is 17.6. The van der Waals surface area contributed by atoms with Crippen LogP contribution in [-0.2, 0) is 0 Å². The molecule has 4 nitrogen and oxygen atoms in total. The molecule has 2 aromatic heterocycles. The highest BCUT2D eigenvalue weighted by Crippen LogP contribution is 2.41. The van der Waals surface area contributed by atoms with Gasteiger partial charge in [0.15, 0.2) is 0 Å². The molecule has 0 spiro atoms. The molecule has 8 aromatic carbocycles. The van der Waals surface area contributed by atoms with Crippen molar-refractivity contribution in [3.8, 4) is 33.6 Å². The Labute approximate surface area is 426 Å². The fraction of sp³-hybridized carbons (Fsp3) is 0.176. The van der Waals surface area contributed by atoms with Crippen molar-refractivity contribution < 1.29 is 0 Å². The zero-order chi connectivity index (χ0) is 49.4.